The van der Waals surface area contributed by atoms with Crippen LogP contribution in [0.1, 0.15) is 22.2 Å². The number of rotatable bonds is 3. The Labute approximate surface area is 124 Å². The second kappa shape index (κ2) is 5.74. The lowest BCUT2D eigenvalue weighted by Gasteiger charge is -2.03. The van der Waals surface area contributed by atoms with Gasteiger partial charge in [-0.1, -0.05) is 23.2 Å². The summed E-state index contributed by atoms with van der Waals surface area (Å²) in [5, 5.41) is 3.15. The van der Waals surface area contributed by atoms with E-state index in [9.17, 15) is 9.59 Å². The van der Waals surface area contributed by atoms with Gasteiger partial charge in [0.05, 0.1) is 10.0 Å². The Morgan fingerprint density at radius 2 is 1.79 bits per heavy atom. The molecule has 0 saturated carbocycles. The third-order valence-electron chi connectivity index (χ3n) is 2.33. The van der Waals surface area contributed by atoms with Crippen molar-refractivity contribution in [2.45, 2.75) is 6.92 Å². The Morgan fingerprint density at radius 1 is 1.16 bits per heavy atom. The van der Waals surface area contributed by atoms with E-state index in [0.29, 0.717) is 25.5 Å². The maximum absolute atomic E-state index is 12.3. The topological polar surface area (TPSA) is 46.2 Å². The number of ketones is 1. The first-order chi connectivity index (χ1) is 8.97. The van der Waals surface area contributed by atoms with Crippen molar-refractivity contribution in [3.63, 3.8) is 0 Å². The van der Waals surface area contributed by atoms with Crippen molar-refractivity contribution >= 4 is 51.9 Å². The zero-order valence-corrected chi connectivity index (χ0v) is 12.2. The fourth-order valence-corrected chi connectivity index (χ4v) is 2.81. The van der Waals surface area contributed by atoms with Crippen LogP contribution in [0.15, 0.2) is 30.3 Å². The fourth-order valence-electron chi connectivity index (χ4n) is 1.54. The zero-order valence-electron chi connectivity index (χ0n) is 9.87. The van der Waals surface area contributed by atoms with E-state index in [1.165, 1.54) is 6.92 Å². The molecule has 1 heterocycles. The highest BCUT2D eigenvalue weighted by atomic mass is 35.5. The zero-order chi connectivity index (χ0) is 14.0. The first-order valence-corrected chi connectivity index (χ1v) is 6.92. The van der Waals surface area contributed by atoms with Crippen LogP contribution in [0.2, 0.25) is 9.36 Å². The Kier molecular flexibility index (Phi) is 4.24. The number of amides is 1. The number of carbonyl (C=O) groups excluding carboxylic acids is 2. The SMILES string of the molecule is CC(=O)Nc1cc(Cl)sc1C(=O)c1ccc(Cl)cc1. The van der Waals surface area contributed by atoms with Crippen molar-refractivity contribution in [1.82, 2.24) is 0 Å². The summed E-state index contributed by atoms with van der Waals surface area (Å²) in [6, 6.07) is 8.12. The highest BCUT2D eigenvalue weighted by molar-refractivity contribution is 7.18. The Morgan fingerprint density at radius 3 is 2.37 bits per heavy atom. The smallest absolute Gasteiger partial charge is 0.221 e. The van der Waals surface area contributed by atoms with Gasteiger partial charge in [0.1, 0.15) is 4.88 Å². The van der Waals surface area contributed by atoms with Gasteiger partial charge in [0.15, 0.2) is 0 Å². The quantitative estimate of drug-likeness (QED) is 0.861. The highest BCUT2D eigenvalue weighted by Gasteiger charge is 2.18. The maximum atomic E-state index is 12.3. The summed E-state index contributed by atoms with van der Waals surface area (Å²) in [4.78, 5) is 23.8. The average Bonchev–Trinajstić information content (AvgIpc) is 2.69. The van der Waals surface area contributed by atoms with E-state index in [-0.39, 0.29) is 11.7 Å². The van der Waals surface area contributed by atoms with Gasteiger partial charge < -0.3 is 5.32 Å². The van der Waals surface area contributed by atoms with Crippen LogP contribution in [-0.2, 0) is 4.79 Å². The minimum Gasteiger partial charge on any atom is -0.325 e. The molecule has 0 fully saturated rings. The van der Waals surface area contributed by atoms with E-state index < -0.39 is 0 Å². The van der Waals surface area contributed by atoms with Gasteiger partial charge in [0, 0.05) is 17.5 Å². The fraction of sp³-hybridized carbons (Fsp3) is 0.0769. The second-order valence-electron chi connectivity index (χ2n) is 3.81. The van der Waals surface area contributed by atoms with Gasteiger partial charge in [-0.3, -0.25) is 9.59 Å². The van der Waals surface area contributed by atoms with Gasteiger partial charge in [-0.25, -0.2) is 0 Å². The van der Waals surface area contributed by atoms with Crippen LogP contribution in [0.25, 0.3) is 0 Å². The van der Waals surface area contributed by atoms with E-state index in [0.717, 1.165) is 11.3 Å². The number of halogens is 2. The lowest BCUT2D eigenvalue weighted by atomic mass is 10.1. The molecule has 0 aliphatic heterocycles. The number of nitrogens with one attached hydrogen (secondary N) is 1. The molecule has 0 bridgehead atoms. The lowest BCUT2D eigenvalue weighted by molar-refractivity contribution is -0.114. The largest absolute Gasteiger partial charge is 0.325 e. The van der Waals surface area contributed by atoms with Crippen molar-refractivity contribution in [2.24, 2.45) is 0 Å². The van der Waals surface area contributed by atoms with E-state index in [1.807, 2.05) is 0 Å². The molecular weight excluding hydrogens is 305 g/mol. The molecule has 0 atom stereocenters. The van der Waals surface area contributed by atoms with Gasteiger partial charge >= 0.3 is 0 Å². The first kappa shape index (κ1) is 14.1. The molecule has 1 aromatic heterocycles. The molecule has 0 aliphatic carbocycles. The number of benzene rings is 1. The van der Waals surface area contributed by atoms with Crippen molar-refractivity contribution in [3.05, 3.63) is 50.1 Å². The van der Waals surface area contributed by atoms with Crippen LogP contribution in [0.4, 0.5) is 5.69 Å². The number of carbonyl (C=O) groups is 2. The standard InChI is InChI=1S/C13H9Cl2NO2S/c1-7(17)16-10-6-11(15)19-13(10)12(18)8-2-4-9(14)5-3-8/h2-6H,1H3,(H,16,17). The second-order valence-corrected chi connectivity index (χ2v) is 5.93. The van der Waals surface area contributed by atoms with Gasteiger partial charge in [0.25, 0.3) is 0 Å². The molecule has 19 heavy (non-hydrogen) atoms. The number of anilines is 1. The average molecular weight is 314 g/mol. The summed E-state index contributed by atoms with van der Waals surface area (Å²) in [5.74, 6) is -0.447. The molecular formula is C13H9Cl2NO2S. The summed E-state index contributed by atoms with van der Waals surface area (Å²) >= 11 is 12.8. The minimum absolute atomic E-state index is 0.197. The van der Waals surface area contributed by atoms with Crippen LogP contribution in [0.3, 0.4) is 0 Å². The Balaban J connectivity index is 2.38. The number of hydrogen-bond donors (Lipinski definition) is 1. The summed E-state index contributed by atoms with van der Waals surface area (Å²) in [7, 11) is 0. The maximum Gasteiger partial charge on any atom is 0.221 e. The first-order valence-electron chi connectivity index (χ1n) is 5.34. The third kappa shape index (κ3) is 3.35. The Hall–Kier alpha value is -1.36. The van der Waals surface area contributed by atoms with Gasteiger partial charge in [-0.15, -0.1) is 11.3 Å². The molecule has 0 spiro atoms. The third-order valence-corrected chi connectivity index (χ3v) is 3.84. The number of thiophene rings is 1. The van der Waals surface area contributed by atoms with E-state index >= 15 is 0 Å². The van der Waals surface area contributed by atoms with Crippen molar-refractivity contribution in [2.75, 3.05) is 5.32 Å². The normalized spacial score (nSPS) is 10.3. The molecule has 1 N–H and O–H groups in total. The van der Waals surface area contributed by atoms with Gasteiger partial charge in [-0.2, -0.15) is 0 Å². The van der Waals surface area contributed by atoms with Crippen LogP contribution < -0.4 is 5.32 Å². The highest BCUT2D eigenvalue weighted by Crippen LogP contribution is 2.33. The molecule has 0 unspecified atom stereocenters. The van der Waals surface area contributed by atoms with E-state index in [2.05, 4.69) is 5.32 Å². The molecule has 98 valence electrons. The molecule has 1 aromatic carbocycles. The van der Waals surface area contributed by atoms with Crippen LogP contribution in [0, 0.1) is 0 Å². The van der Waals surface area contributed by atoms with Crippen LogP contribution in [-0.4, -0.2) is 11.7 Å². The molecule has 0 radical (unpaired) electrons. The van der Waals surface area contributed by atoms with Gasteiger partial charge in [0.2, 0.25) is 11.7 Å². The summed E-state index contributed by atoms with van der Waals surface area (Å²) in [6.07, 6.45) is 0. The molecule has 0 aliphatic rings. The molecule has 6 heteroatoms. The summed E-state index contributed by atoms with van der Waals surface area (Å²) in [6.45, 7) is 1.38. The van der Waals surface area contributed by atoms with E-state index in [4.69, 9.17) is 23.2 Å². The predicted molar refractivity (Wildman–Crippen MR) is 78.5 cm³/mol. The molecule has 2 aromatic rings. The number of hydrogen-bond acceptors (Lipinski definition) is 3. The predicted octanol–water partition coefficient (Wildman–Crippen LogP) is 4.24. The minimum atomic E-state index is -0.250. The van der Waals surface area contributed by atoms with Crippen molar-refractivity contribution in [1.29, 1.82) is 0 Å². The van der Waals surface area contributed by atoms with Crippen molar-refractivity contribution < 1.29 is 9.59 Å². The molecule has 1 amide bonds. The van der Waals surface area contributed by atoms with Gasteiger partial charge in [-0.05, 0) is 30.3 Å². The summed E-state index contributed by atoms with van der Waals surface area (Å²) < 4.78 is 0.445. The van der Waals surface area contributed by atoms with Crippen molar-refractivity contribution in [3.8, 4) is 0 Å². The summed E-state index contributed by atoms with van der Waals surface area (Å²) in [5.41, 5.74) is 0.928. The van der Waals surface area contributed by atoms with Crippen LogP contribution in [0.5, 0.6) is 0 Å². The molecule has 0 saturated heterocycles. The monoisotopic (exact) mass is 313 g/mol. The molecule has 2 rings (SSSR count). The van der Waals surface area contributed by atoms with Crippen LogP contribution >= 0.6 is 34.5 Å². The lowest BCUT2D eigenvalue weighted by Crippen LogP contribution is -2.09. The Bertz CT molecular complexity index is 635. The molecule has 3 nitrogen and oxygen atoms in total. The van der Waals surface area contributed by atoms with E-state index in [1.54, 1.807) is 30.3 Å².